The highest BCUT2D eigenvalue weighted by Crippen LogP contribution is 2.32. The Morgan fingerprint density at radius 2 is 1.54 bits per heavy atom. The Balaban J connectivity index is 2.08. The number of hydrogen-bond donors (Lipinski definition) is 1. The van der Waals surface area contributed by atoms with Gasteiger partial charge in [-0.15, -0.1) is 0 Å². The van der Waals surface area contributed by atoms with Crippen LogP contribution in [-0.4, -0.2) is 37.5 Å². The van der Waals surface area contributed by atoms with Gasteiger partial charge in [0.25, 0.3) is 11.8 Å². The Bertz CT molecular complexity index is 852. The van der Waals surface area contributed by atoms with Crippen molar-refractivity contribution >= 4 is 23.1 Å². The number of carbonyl (C=O) groups is 2. The molecule has 0 atom stereocenters. The molecule has 0 saturated heterocycles. The lowest BCUT2D eigenvalue weighted by molar-refractivity contribution is -0.136. The zero-order chi connectivity index (χ0) is 18.7. The van der Waals surface area contributed by atoms with Gasteiger partial charge in [-0.2, -0.15) is 0 Å². The van der Waals surface area contributed by atoms with Gasteiger partial charge >= 0.3 is 0 Å². The third-order valence-electron chi connectivity index (χ3n) is 4.17. The fourth-order valence-electron chi connectivity index (χ4n) is 2.88. The molecule has 0 aliphatic carbocycles. The maximum atomic E-state index is 12.8. The van der Waals surface area contributed by atoms with E-state index in [0.717, 1.165) is 0 Å². The molecule has 0 aromatic heterocycles. The highest BCUT2D eigenvalue weighted by atomic mass is 16.5. The first-order chi connectivity index (χ1) is 12.6. The van der Waals surface area contributed by atoms with Gasteiger partial charge in [0.1, 0.15) is 17.2 Å². The first-order valence-corrected chi connectivity index (χ1v) is 8.25. The molecule has 0 saturated carbocycles. The molecular weight excluding hydrogens is 332 g/mol. The van der Waals surface area contributed by atoms with Crippen LogP contribution in [0.2, 0.25) is 0 Å². The smallest absolute Gasteiger partial charge is 0.278 e. The highest BCUT2D eigenvalue weighted by molar-refractivity contribution is 6.36. The van der Waals surface area contributed by atoms with E-state index in [2.05, 4.69) is 5.32 Å². The minimum atomic E-state index is -0.349. The second kappa shape index (κ2) is 7.31. The SMILES string of the molecule is CCN1C(=O)C(Nc2cc(OC)cc(OC)c2)=C(c2ccccc2)C1=O. The summed E-state index contributed by atoms with van der Waals surface area (Å²) in [6.07, 6.45) is 0. The summed E-state index contributed by atoms with van der Waals surface area (Å²) in [7, 11) is 3.10. The molecule has 1 aliphatic rings. The Labute approximate surface area is 152 Å². The molecule has 1 aliphatic heterocycles. The number of methoxy groups -OCH3 is 2. The lowest BCUT2D eigenvalue weighted by atomic mass is 10.0. The predicted octanol–water partition coefficient (Wildman–Crippen LogP) is 2.92. The number of hydrogen-bond acceptors (Lipinski definition) is 5. The predicted molar refractivity (Wildman–Crippen MR) is 98.9 cm³/mol. The lowest BCUT2D eigenvalue weighted by Crippen LogP contribution is -2.32. The van der Waals surface area contributed by atoms with Gasteiger partial charge in [0.2, 0.25) is 0 Å². The quantitative estimate of drug-likeness (QED) is 0.810. The monoisotopic (exact) mass is 352 g/mol. The number of benzene rings is 2. The maximum Gasteiger partial charge on any atom is 0.278 e. The van der Waals surface area contributed by atoms with Crippen molar-refractivity contribution < 1.29 is 19.1 Å². The van der Waals surface area contributed by atoms with Crippen LogP contribution >= 0.6 is 0 Å². The van der Waals surface area contributed by atoms with Gasteiger partial charge in [-0.05, 0) is 12.5 Å². The fraction of sp³-hybridized carbons (Fsp3) is 0.200. The molecular formula is C20H20N2O4. The van der Waals surface area contributed by atoms with Crippen molar-refractivity contribution in [3.05, 3.63) is 59.8 Å². The Hall–Kier alpha value is -3.28. The molecule has 6 nitrogen and oxygen atoms in total. The average Bonchev–Trinajstić information content (AvgIpc) is 2.91. The normalized spacial score (nSPS) is 14.0. The Morgan fingerprint density at radius 1 is 0.923 bits per heavy atom. The molecule has 1 heterocycles. The van der Waals surface area contributed by atoms with Crippen molar-refractivity contribution in [2.45, 2.75) is 6.92 Å². The molecule has 6 heteroatoms. The molecule has 0 radical (unpaired) electrons. The third-order valence-corrected chi connectivity index (χ3v) is 4.17. The molecule has 1 N–H and O–H groups in total. The van der Waals surface area contributed by atoms with Gasteiger partial charge in [0.15, 0.2) is 0 Å². The van der Waals surface area contributed by atoms with E-state index >= 15 is 0 Å². The molecule has 3 rings (SSSR count). The van der Waals surface area contributed by atoms with Crippen molar-refractivity contribution in [3.8, 4) is 11.5 Å². The summed E-state index contributed by atoms with van der Waals surface area (Å²) in [6.45, 7) is 2.08. The number of likely N-dealkylation sites (N-methyl/N-ethyl adjacent to an activating group) is 1. The van der Waals surface area contributed by atoms with Gasteiger partial charge in [-0.3, -0.25) is 14.5 Å². The van der Waals surface area contributed by atoms with Gasteiger partial charge in [0.05, 0.1) is 19.8 Å². The number of amides is 2. The number of nitrogens with zero attached hydrogens (tertiary/aromatic N) is 1. The summed E-state index contributed by atoms with van der Waals surface area (Å²) in [6, 6.07) is 14.4. The zero-order valence-corrected chi connectivity index (χ0v) is 14.9. The van der Waals surface area contributed by atoms with Crippen molar-refractivity contribution in [2.24, 2.45) is 0 Å². The fourth-order valence-corrected chi connectivity index (χ4v) is 2.88. The number of anilines is 1. The van der Waals surface area contributed by atoms with Crippen LogP contribution in [-0.2, 0) is 9.59 Å². The van der Waals surface area contributed by atoms with E-state index in [-0.39, 0.29) is 17.5 Å². The molecule has 2 aromatic carbocycles. The van der Waals surface area contributed by atoms with Crippen LogP contribution in [0.3, 0.4) is 0 Å². The largest absolute Gasteiger partial charge is 0.497 e. The Morgan fingerprint density at radius 3 is 2.08 bits per heavy atom. The van der Waals surface area contributed by atoms with Gasteiger partial charge in [0, 0.05) is 30.4 Å². The number of imide groups is 1. The summed E-state index contributed by atoms with van der Waals surface area (Å²) in [5, 5.41) is 3.09. The minimum absolute atomic E-state index is 0.248. The average molecular weight is 352 g/mol. The summed E-state index contributed by atoms with van der Waals surface area (Å²) < 4.78 is 10.5. The zero-order valence-electron chi connectivity index (χ0n) is 14.9. The first kappa shape index (κ1) is 17.5. The standard InChI is InChI=1S/C20H20N2O4/c1-4-22-19(23)17(13-8-6-5-7-9-13)18(20(22)24)21-14-10-15(25-2)12-16(11-14)26-3/h5-12,21H,4H2,1-3H3. The number of carbonyl (C=O) groups excluding carboxylic acids is 2. The lowest BCUT2D eigenvalue weighted by Gasteiger charge is -2.13. The van der Waals surface area contributed by atoms with Crippen molar-refractivity contribution in [2.75, 3.05) is 26.1 Å². The van der Waals surface area contributed by atoms with E-state index in [1.807, 2.05) is 30.3 Å². The van der Waals surface area contributed by atoms with E-state index in [9.17, 15) is 9.59 Å². The van der Waals surface area contributed by atoms with Gasteiger partial charge < -0.3 is 14.8 Å². The topological polar surface area (TPSA) is 67.9 Å². The number of nitrogens with one attached hydrogen (secondary N) is 1. The molecule has 2 aromatic rings. The van der Waals surface area contributed by atoms with Crippen molar-refractivity contribution in [1.82, 2.24) is 4.90 Å². The van der Waals surface area contributed by atoms with Crippen LogP contribution in [0.15, 0.2) is 54.2 Å². The third kappa shape index (κ3) is 3.13. The van der Waals surface area contributed by atoms with E-state index < -0.39 is 0 Å². The molecule has 2 amide bonds. The van der Waals surface area contributed by atoms with Gasteiger partial charge in [-0.25, -0.2) is 0 Å². The highest BCUT2D eigenvalue weighted by Gasteiger charge is 2.38. The summed E-state index contributed by atoms with van der Waals surface area (Å²) in [5.74, 6) is 0.509. The number of ether oxygens (including phenoxy) is 2. The van der Waals surface area contributed by atoms with E-state index in [4.69, 9.17) is 9.47 Å². The molecule has 0 bridgehead atoms. The van der Waals surface area contributed by atoms with Crippen LogP contribution in [0.5, 0.6) is 11.5 Å². The molecule has 0 unspecified atom stereocenters. The molecule has 0 spiro atoms. The minimum Gasteiger partial charge on any atom is -0.497 e. The second-order valence-corrected chi connectivity index (χ2v) is 5.70. The van der Waals surface area contributed by atoms with Crippen LogP contribution in [0.4, 0.5) is 5.69 Å². The van der Waals surface area contributed by atoms with Crippen molar-refractivity contribution in [1.29, 1.82) is 0 Å². The molecule has 26 heavy (non-hydrogen) atoms. The molecule has 0 fully saturated rings. The second-order valence-electron chi connectivity index (χ2n) is 5.70. The summed E-state index contributed by atoms with van der Waals surface area (Å²) in [5.41, 5.74) is 1.90. The van der Waals surface area contributed by atoms with Crippen LogP contribution in [0, 0.1) is 0 Å². The van der Waals surface area contributed by atoms with E-state index in [1.165, 1.54) is 4.90 Å². The maximum absolute atomic E-state index is 12.8. The van der Waals surface area contributed by atoms with Crippen LogP contribution in [0.25, 0.3) is 5.57 Å². The van der Waals surface area contributed by atoms with E-state index in [1.54, 1.807) is 39.3 Å². The molecule has 134 valence electrons. The Kier molecular flexibility index (Phi) is 4.93. The first-order valence-electron chi connectivity index (χ1n) is 8.25. The van der Waals surface area contributed by atoms with Crippen LogP contribution in [0.1, 0.15) is 12.5 Å². The van der Waals surface area contributed by atoms with E-state index in [0.29, 0.717) is 34.9 Å². The van der Waals surface area contributed by atoms with Crippen LogP contribution < -0.4 is 14.8 Å². The van der Waals surface area contributed by atoms with Crippen molar-refractivity contribution in [3.63, 3.8) is 0 Å². The summed E-state index contributed by atoms with van der Waals surface area (Å²) in [4.78, 5) is 26.7. The number of rotatable bonds is 6. The summed E-state index contributed by atoms with van der Waals surface area (Å²) >= 11 is 0. The van der Waals surface area contributed by atoms with Gasteiger partial charge in [-0.1, -0.05) is 30.3 Å².